The third-order valence-electron chi connectivity index (χ3n) is 2.16. The number of rotatable bonds is 5. The lowest BCUT2D eigenvalue weighted by Crippen LogP contribution is -2.19. The molecular weight excluding hydrogens is 238 g/mol. The van der Waals surface area contributed by atoms with Crippen LogP contribution in [0.4, 0.5) is 5.69 Å². The van der Waals surface area contributed by atoms with Crippen molar-refractivity contribution in [2.75, 3.05) is 6.61 Å². The van der Waals surface area contributed by atoms with Gasteiger partial charge in [0.05, 0.1) is 16.6 Å². The van der Waals surface area contributed by atoms with Crippen molar-refractivity contribution in [1.29, 1.82) is 0 Å². The van der Waals surface area contributed by atoms with Crippen molar-refractivity contribution in [2.45, 2.75) is 26.9 Å². The molecule has 0 aliphatic carbocycles. The zero-order valence-corrected chi connectivity index (χ0v) is 10.5. The molecule has 0 aromatic heterocycles. The van der Waals surface area contributed by atoms with Gasteiger partial charge in [-0.2, -0.15) is 0 Å². The van der Waals surface area contributed by atoms with Gasteiger partial charge in [-0.1, -0.05) is 6.07 Å². The molecule has 0 aliphatic heterocycles. The smallest absolute Gasteiger partial charge is 0.344 e. The standard InChI is InChI=1S/C12H15NO5/c1-8(2)18-12(14)7-17-11-6-4-5-10(9(11)3)13(15)16/h4-6,8H,7H2,1-3H3. The van der Waals surface area contributed by atoms with Crippen molar-refractivity contribution >= 4 is 11.7 Å². The Balaban J connectivity index is 2.71. The van der Waals surface area contributed by atoms with E-state index in [4.69, 9.17) is 9.47 Å². The van der Waals surface area contributed by atoms with E-state index < -0.39 is 10.9 Å². The lowest BCUT2D eigenvalue weighted by atomic mass is 10.2. The number of nitro groups is 1. The van der Waals surface area contributed by atoms with Gasteiger partial charge < -0.3 is 9.47 Å². The molecule has 1 rings (SSSR count). The molecular formula is C12H15NO5. The Morgan fingerprint density at radius 2 is 2.11 bits per heavy atom. The summed E-state index contributed by atoms with van der Waals surface area (Å²) in [6.07, 6.45) is -0.215. The van der Waals surface area contributed by atoms with Gasteiger partial charge in [0, 0.05) is 6.07 Å². The molecule has 18 heavy (non-hydrogen) atoms. The maximum Gasteiger partial charge on any atom is 0.344 e. The molecule has 6 heteroatoms. The monoisotopic (exact) mass is 253 g/mol. The number of benzene rings is 1. The van der Waals surface area contributed by atoms with Crippen molar-refractivity contribution in [3.05, 3.63) is 33.9 Å². The van der Waals surface area contributed by atoms with Gasteiger partial charge in [0.15, 0.2) is 6.61 Å². The number of carbonyl (C=O) groups excluding carboxylic acids is 1. The van der Waals surface area contributed by atoms with Crippen LogP contribution >= 0.6 is 0 Å². The fourth-order valence-corrected chi connectivity index (χ4v) is 1.39. The number of hydrogen-bond acceptors (Lipinski definition) is 5. The van der Waals surface area contributed by atoms with Crippen molar-refractivity contribution in [3.8, 4) is 5.75 Å². The Kier molecular flexibility index (Phi) is 4.65. The minimum Gasteiger partial charge on any atom is -0.481 e. The minimum absolute atomic E-state index is 0.0373. The number of hydrogen-bond donors (Lipinski definition) is 0. The molecule has 0 saturated carbocycles. The van der Waals surface area contributed by atoms with Gasteiger partial charge in [-0.05, 0) is 26.8 Å². The van der Waals surface area contributed by atoms with E-state index in [2.05, 4.69) is 0 Å². The molecule has 0 aliphatic rings. The number of nitro benzene ring substituents is 1. The third-order valence-corrected chi connectivity index (χ3v) is 2.16. The van der Waals surface area contributed by atoms with E-state index in [0.29, 0.717) is 11.3 Å². The van der Waals surface area contributed by atoms with Gasteiger partial charge in [-0.25, -0.2) is 4.79 Å². The van der Waals surface area contributed by atoms with Gasteiger partial charge in [0.1, 0.15) is 5.75 Å². The molecule has 0 saturated heterocycles. The summed E-state index contributed by atoms with van der Waals surface area (Å²) in [4.78, 5) is 21.5. The van der Waals surface area contributed by atoms with E-state index in [9.17, 15) is 14.9 Å². The SMILES string of the molecule is Cc1c(OCC(=O)OC(C)C)cccc1[N+](=O)[O-]. The summed E-state index contributed by atoms with van der Waals surface area (Å²) in [5.74, 6) is -0.194. The van der Waals surface area contributed by atoms with Crippen molar-refractivity contribution in [1.82, 2.24) is 0 Å². The Bertz CT molecular complexity index is 456. The first-order chi connectivity index (χ1) is 8.41. The predicted molar refractivity (Wildman–Crippen MR) is 64.6 cm³/mol. The highest BCUT2D eigenvalue weighted by Crippen LogP contribution is 2.26. The molecule has 1 aromatic rings. The summed E-state index contributed by atoms with van der Waals surface area (Å²) < 4.78 is 10.1. The summed E-state index contributed by atoms with van der Waals surface area (Å²) >= 11 is 0. The molecule has 0 spiro atoms. The molecule has 98 valence electrons. The molecule has 6 nitrogen and oxygen atoms in total. The van der Waals surface area contributed by atoms with Crippen molar-refractivity contribution in [3.63, 3.8) is 0 Å². The maximum atomic E-state index is 11.3. The first-order valence-electron chi connectivity index (χ1n) is 5.48. The molecule has 1 aromatic carbocycles. The molecule has 0 atom stereocenters. The van der Waals surface area contributed by atoms with Gasteiger partial charge in [0.25, 0.3) is 5.69 Å². The van der Waals surface area contributed by atoms with E-state index >= 15 is 0 Å². The second-order valence-electron chi connectivity index (χ2n) is 3.98. The molecule has 0 bridgehead atoms. The van der Waals surface area contributed by atoms with Crippen LogP contribution in [-0.4, -0.2) is 23.6 Å². The topological polar surface area (TPSA) is 78.7 Å². The number of nitrogens with zero attached hydrogens (tertiary/aromatic N) is 1. The van der Waals surface area contributed by atoms with E-state index in [-0.39, 0.29) is 18.4 Å². The van der Waals surface area contributed by atoms with Crippen LogP contribution in [0.2, 0.25) is 0 Å². The van der Waals surface area contributed by atoms with E-state index in [0.717, 1.165) is 0 Å². The average molecular weight is 253 g/mol. The first kappa shape index (κ1) is 14.0. The van der Waals surface area contributed by atoms with Crippen LogP contribution in [0, 0.1) is 17.0 Å². The number of esters is 1. The average Bonchev–Trinajstić information content (AvgIpc) is 2.26. The van der Waals surface area contributed by atoms with E-state index in [1.807, 2.05) is 0 Å². The van der Waals surface area contributed by atoms with Crippen LogP contribution in [0.15, 0.2) is 18.2 Å². The second kappa shape index (κ2) is 6.00. The number of carbonyl (C=O) groups is 1. The van der Waals surface area contributed by atoms with Gasteiger partial charge in [-0.3, -0.25) is 10.1 Å². The van der Waals surface area contributed by atoms with Crippen LogP contribution < -0.4 is 4.74 Å². The molecule has 0 fully saturated rings. The lowest BCUT2D eigenvalue weighted by molar-refractivity contribution is -0.385. The van der Waals surface area contributed by atoms with Crippen LogP contribution in [0.3, 0.4) is 0 Å². The fraction of sp³-hybridized carbons (Fsp3) is 0.417. The molecule has 0 unspecified atom stereocenters. The highest BCUT2D eigenvalue weighted by atomic mass is 16.6. The fourth-order valence-electron chi connectivity index (χ4n) is 1.39. The predicted octanol–water partition coefficient (Wildman–Crippen LogP) is 2.23. The molecule has 0 heterocycles. The molecule has 0 N–H and O–H groups in total. The Labute approximate surface area is 105 Å². The first-order valence-corrected chi connectivity index (χ1v) is 5.48. The van der Waals surface area contributed by atoms with Crippen LogP contribution in [0.5, 0.6) is 5.75 Å². The van der Waals surface area contributed by atoms with E-state index in [1.165, 1.54) is 12.1 Å². The molecule has 0 radical (unpaired) electrons. The summed E-state index contributed by atoms with van der Waals surface area (Å²) in [6.45, 7) is 4.77. The summed E-state index contributed by atoms with van der Waals surface area (Å²) in [6, 6.07) is 4.47. The van der Waals surface area contributed by atoms with Crippen LogP contribution in [0.1, 0.15) is 19.4 Å². The highest BCUT2D eigenvalue weighted by Gasteiger charge is 2.15. The summed E-state index contributed by atoms with van der Waals surface area (Å²) in [5, 5.41) is 10.7. The molecule has 0 amide bonds. The normalized spacial score (nSPS) is 10.2. The van der Waals surface area contributed by atoms with Crippen molar-refractivity contribution in [2.24, 2.45) is 0 Å². The van der Waals surface area contributed by atoms with Gasteiger partial charge >= 0.3 is 5.97 Å². The minimum atomic E-state index is -0.504. The Morgan fingerprint density at radius 1 is 1.44 bits per heavy atom. The zero-order chi connectivity index (χ0) is 13.7. The van der Waals surface area contributed by atoms with E-state index in [1.54, 1.807) is 26.8 Å². The maximum absolute atomic E-state index is 11.3. The lowest BCUT2D eigenvalue weighted by Gasteiger charge is -2.10. The second-order valence-corrected chi connectivity index (χ2v) is 3.98. The van der Waals surface area contributed by atoms with Crippen LogP contribution in [0.25, 0.3) is 0 Å². The third kappa shape index (κ3) is 3.73. The summed E-state index contributed by atoms with van der Waals surface area (Å²) in [7, 11) is 0. The zero-order valence-electron chi connectivity index (χ0n) is 10.5. The quantitative estimate of drug-likeness (QED) is 0.456. The Hall–Kier alpha value is -2.11. The summed E-state index contributed by atoms with van der Waals surface area (Å²) in [5.41, 5.74) is 0.351. The largest absolute Gasteiger partial charge is 0.481 e. The van der Waals surface area contributed by atoms with Gasteiger partial charge in [-0.15, -0.1) is 0 Å². The van der Waals surface area contributed by atoms with Crippen molar-refractivity contribution < 1.29 is 19.2 Å². The van der Waals surface area contributed by atoms with Gasteiger partial charge in [0.2, 0.25) is 0 Å². The highest BCUT2D eigenvalue weighted by molar-refractivity contribution is 5.71. The van der Waals surface area contributed by atoms with Crippen LogP contribution in [-0.2, 0) is 9.53 Å². The number of ether oxygens (including phenoxy) is 2. The Morgan fingerprint density at radius 3 is 2.67 bits per heavy atom.